The number of carbonyl (C=O) groups excluding carboxylic acids is 1. The van der Waals surface area contributed by atoms with Crippen molar-refractivity contribution in [2.45, 2.75) is 0 Å². The standard InChI is InChI=1S/C14H20N2O3/c1-15-7-9-16(10-8-15)14(17)11-19-13-6-4-3-5-12(13)18-2/h3-6H,7-11H2,1-2H3/p+1. The van der Waals surface area contributed by atoms with Gasteiger partial charge in [-0.3, -0.25) is 4.79 Å². The molecule has 19 heavy (non-hydrogen) atoms. The van der Waals surface area contributed by atoms with Crippen LogP contribution in [0.3, 0.4) is 0 Å². The maximum absolute atomic E-state index is 12.0. The first-order valence-electron chi connectivity index (χ1n) is 6.55. The molecule has 1 aromatic rings. The third kappa shape index (κ3) is 3.61. The molecular formula is C14H21N2O3+. The summed E-state index contributed by atoms with van der Waals surface area (Å²) in [6.45, 7) is 3.68. The molecule has 5 nitrogen and oxygen atoms in total. The van der Waals surface area contributed by atoms with E-state index in [0.717, 1.165) is 26.2 Å². The normalized spacial score (nSPS) is 16.2. The number of piperazine rings is 1. The molecule has 0 radical (unpaired) electrons. The first-order chi connectivity index (χ1) is 9.20. The maximum atomic E-state index is 12.0. The summed E-state index contributed by atoms with van der Waals surface area (Å²) in [5, 5.41) is 0. The second-order valence-corrected chi connectivity index (χ2v) is 4.78. The van der Waals surface area contributed by atoms with Crippen LogP contribution in [0, 0.1) is 0 Å². The van der Waals surface area contributed by atoms with Crippen LogP contribution in [0.25, 0.3) is 0 Å². The van der Waals surface area contributed by atoms with E-state index in [-0.39, 0.29) is 12.5 Å². The van der Waals surface area contributed by atoms with Gasteiger partial charge in [0.2, 0.25) is 0 Å². The van der Waals surface area contributed by atoms with Crippen molar-refractivity contribution in [3.05, 3.63) is 24.3 Å². The van der Waals surface area contributed by atoms with Crippen molar-refractivity contribution < 1.29 is 19.2 Å². The Bertz CT molecular complexity index is 428. The smallest absolute Gasteiger partial charge is 0.260 e. The van der Waals surface area contributed by atoms with Crippen LogP contribution in [0.4, 0.5) is 0 Å². The molecule has 0 aliphatic carbocycles. The van der Waals surface area contributed by atoms with Crippen molar-refractivity contribution in [1.29, 1.82) is 0 Å². The zero-order valence-electron chi connectivity index (χ0n) is 11.5. The molecule has 2 rings (SSSR count). The minimum Gasteiger partial charge on any atom is -0.493 e. The molecule has 0 saturated carbocycles. The molecule has 0 atom stereocenters. The van der Waals surface area contributed by atoms with Crippen molar-refractivity contribution in [3.8, 4) is 11.5 Å². The number of benzene rings is 1. The highest BCUT2D eigenvalue weighted by Gasteiger charge is 2.21. The SMILES string of the molecule is COc1ccccc1OCC(=O)N1CC[NH+](C)CC1. The van der Waals surface area contributed by atoms with E-state index < -0.39 is 0 Å². The highest BCUT2D eigenvalue weighted by atomic mass is 16.5. The Balaban J connectivity index is 1.86. The van der Waals surface area contributed by atoms with E-state index in [4.69, 9.17) is 9.47 Å². The molecule has 5 heteroatoms. The fourth-order valence-electron chi connectivity index (χ4n) is 2.11. The lowest BCUT2D eigenvalue weighted by atomic mass is 10.3. The molecule has 0 spiro atoms. The molecule has 1 fully saturated rings. The Hall–Kier alpha value is -1.75. The number of amides is 1. The van der Waals surface area contributed by atoms with Crippen LogP contribution in [0.2, 0.25) is 0 Å². The number of nitrogens with zero attached hydrogens (tertiary/aromatic N) is 1. The highest BCUT2D eigenvalue weighted by molar-refractivity contribution is 5.77. The van der Waals surface area contributed by atoms with Crippen LogP contribution in [-0.4, -0.2) is 57.8 Å². The second-order valence-electron chi connectivity index (χ2n) is 4.78. The van der Waals surface area contributed by atoms with Crippen LogP contribution in [0.5, 0.6) is 11.5 Å². The number of carbonyl (C=O) groups is 1. The van der Waals surface area contributed by atoms with Gasteiger partial charge in [-0.05, 0) is 12.1 Å². The molecule has 1 amide bonds. The van der Waals surface area contributed by atoms with E-state index in [1.165, 1.54) is 4.90 Å². The molecule has 0 unspecified atom stereocenters. The molecule has 0 aromatic heterocycles. The van der Waals surface area contributed by atoms with Crippen molar-refractivity contribution in [1.82, 2.24) is 4.90 Å². The van der Waals surface area contributed by atoms with Crippen molar-refractivity contribution in [2.24, 2.45) is 0 Å². The number of nitrogens with one attached hydrogen (secondary N) is 1. The topological polar surface area (TPSA) is 43.2 Å². The fraction of sp³-hybridized carbons (Fsp3) is 0.500. The third-order valence-electron chi connectivity index (χ3n) is 3.39. The Morgan fingerprint density at radius 2 is 1.89 bits per heavy atom. The van der Waals surface area contributed by atoms with Crippen molar-refractivity contribution >= 4 is 5.91 Å². The van der Waals surface area contributed by atoms with E-state index in [9.17, 15) is 4.79 Å². The Kier molecular flexibility index (Phi) is 4.63. The van der Waals surface area contributed by atoms with E-state index in [1.807, 2.05) is 23.1 Å². The number of quaternary nitrogens is 1. The Labute approximate surface area is 113 Å². The number of ether oxygens (including phenoxy) is 2. The summed E-state index contributed by atoms with van der Waals surface area (Å²) in [4.78, 5) is 15.4. The van der Waals surface area contributed by atoms with Gasteiger partial charge in [0.15, 0.2) is 18.1 Å². The summed E-state index contributed by atoms with van der Waals surface area (Å²) in [7, 11) is 3.74. The van der Waals surface area contributed by atoms with Gasteiger partial charge in [-0.15, -0.1) is 0 Å². The Morgan fingerprint density at radius 3 is 2.53 bits per heavy atom. The van der Waals surface area contributed by atoms with E-state index in [2.05, 4.69) is 7.05 Å². The number of hydrogen-bond donors (Lipinski definition) is 1. The summed E-state index contributed by atoms with van der Waals surface area (Å²) < 4.78 is 10.7. The van der Waals surface area contributed by atoms with Gasteiger partial charge in [-0.25, -0.2) is 0 Å². The molecule has 1 heterocycles. The van der Waals surface area contributed by atoms with Gasteiger partial charge < -0.3 is 19.3 Å². The van der Waals surface area contributed by atoms with Crippen LogP contribution < -0.4 is 14.4 Å². The molecule has 1 aliphatic rings. The summed E-state index contributed by atoms with van der Waals surface area (Å²) in [6, 6.07) is 7.36. The molecule has 1 aliphatic heterocycles. The third-order valence-corrected chi connectivity index (χ3v) is 3.39. The minimum atomic E-state index is 0.0402. The molecule has 0 bridgehead atoms. The quantitative estimate of drug-likeness (QED) is 0.793. The van der Waals surface area contributed by atoms with E-state index in [0.29, 0.717) is 11.5 Å². The fourth-order valence-corrected chi connectivity index (χ4v) is 2.11. The highest BCUT2D eigenvalue weighted by Crippen LogP contribution is 2.25. The van der Waals surface area contributed by atoms with Gasteiger partial charge >= 0.3 is 0 Å². The number of rotatable bonds is 4. The number of methoxy groups -OCH3 is 1. The van der Waals surface area contributed by atoms with Crippen molar-refractivity contribution in [3.63, 3.8) is 0 Å². The average molecular weight is 265 g/mol. The molecule has 1 N–H and O–H groups in total. The van der Waals surface area contributed by atoms with Crippen molar-refractivity contribution in [2.75, 3.05) is 46.9 Å². The second kappa shape index (κ2) is 6.43. The van der Waals surface area contributed by atoms with Gasteiger partial charge in [0.05, 0.1) is 40.3 Å². The maximum Gasteiger partial charge on any atom is 0.260 e. The molecular weight excluding hydrogens is 244 g/mol. The van der Waals surface area contributed by atoms with Crippen LogP contribution >= 0.6 is 0 Å². The molecule has 1 aromatic carbocycles. The predicted molar refractivity (Wildman–Crippen MR) is 71.7 cm³/mol. The van der Waals surface area contributed by atoms with Crippen LogP contribution in [-0.2, 0) is 4.79 Å². The van der Waals surface area contributed by atoms with Gasteiger partial charge in [-0.1, -0.05) is 12.1 Å². The molecule has 104 valence electrons. The summed E-state index contributed by atoms with van der Waals surface area (Å²) in [6.07, 6.45) is 0. The summed E-state index contributed by atoms with van der Waals surface area (Å²) >= 11 is 0. The lowest BCUT2D eigenvalue weighted by molar-refractivity contribution is -0.883. The monoisotopic (exact) mass is 265 g/mol. The van der Waals surface area contributed by atoms with Crippen LogP contribution in [0.1, 0.15) is 0 Å². The number of para-hydroxylation sites is 2. The van der Waals surface area contributed by atoms with Gasteiger partial charge in [0.1, 0.15) is 0 Å². The van der Waals surface area contributed by atoms with Gasteiger partial charge in [-0.2, -0.15) is 0 Å². The molecule has 1 saturated heterocycles. The first kappa shape index (κ1) is 13.7. The lowest BCUT2D eigenvalue weighted by Gasteiger charge is -2.30. The summed E-state index contributed by atoms with van der Waals surface area (Å²) in [5.74, 6) is 1.30. The predicted octanol–water partition coefficient (Wildman–Crippen LogP) is -0.569. The van der Waals surface area contributed by atoms with Crippen LogP contribution in [0.15, 0.2) is 24.3 Å². The number of hydrogen-bond acceptors (Lipinski definition) is 3. The Morgan fingerprint density at radius 1 is 1.26 bits per heavy atom. The average Bonchev–Trinajstić information content (AvgIpc) is 2.45. The van der Waals surface area contributed by atoms with Gasteiger partial charge in [0.25, 0.3) is 5.91 Å². The lowest BCUT2D eigenvalue weighted by Crippen LogP contribution is -3.12. The van der Waals surface area contributed by atoms with E-state index in [1.54, 1.807) is 13.2 Å². The first-order valence-corrected chi connectivity index (χ1v) is 6.55. The summed E-state index contributed by atoms with van der Waals surface area (Å²) in [5.41, 5.74) is 0. The van der Waals surface area contributed by atoms with Gasteiger partial charge in [0, 0.05) is 0 Å². The largest absolute Gasteiger partial charge is 0.493 e. The zero-order chi connectivity index (χ0) is 13.7. The zero-order valence-corrected chi connectivity index (χ0v) is 11.5. The number of likely N-dealkylation sites (N-methyl/N-ethyl adjacent to an activating group) is 1. The van der Waals surface area contributed by atoms with E-state index >= 15 is 0 Å². The minimum absolute atomic E-state index is 0.0402.